The molecule has 2 aromatic heterocycles. The number of carbonyl (C=O) groups excluding carboxylic acids is 1. The van der Waals surface area contributed by atoms with E-state index in [1.54, 1.807) is 23.7 Å². The topological polar surface area (TPSA) is 65.5 Å². The van der Waals surface area contributed by atoms with Crippen molar-refractivity contribution in [3.05, 3.63) is 29.5 Å². The largest absolute Gasteiger partial charge is 0.341 e. The van der Waals surface area contributed by atoms with Crippen LogP contribution in [-0.4, -0.2) is 81.4 Å². The van der Waals surface area contributed by atoms with Crippen molar-refractivity contribution in [3.8, 4) is 10.8 Å². The highest BCUT2D eigenvalue weighted by Crippen LogP contribution is 2.22. The summed E-state index contributed by atoms with van der Waals surface area (Å²) in [5.41, 5.74) is 1.07. The molecule has 2 aliphatic rings. The van der Waals surface area contributed by atoms with Gasteiger partial charge in [0.25, 0.3) is 0 Å². The molecule has 8 heteroatoms. The Morgan fingerprint density at radius 2 is 1.72 bits per heavy atom. The number of piperidine rings is 1. The number of likely N-dealkylation sites (tertiary alicyclic amines) is 1. The third kappa shape index (κ3) is 5.38. The van der Waals surface area contributed by atoms with Crippen molar-refractivity contribution in [3.63, 3.8) is 0 Å². The van der Waals surface area contributed by atoms with Gasteiger partial charge in [-0.25, -0.2) is 15.0 Å². The summed E-state index contributed by atoms with van der Waals surface area (Å²) in [6.45, 7) is 11.5. The SMILES string of the molecule is CC1CC(C)CN(C(=O)CN2CCN(Cc3csc(-c4ncccn4)n3)CC2)C1. The summed E-state index contributed by atoms with van der Waals surface area (Å²) in [4.78, 5) is 32.8. The predicted molar refractivity (Wildman–Crippen MR) is 114 cm³/mol. The Hall–Kier alpha value is -1.90. The molecule has 0 aromatic carbocycles. The van der Waals surface area contributed by atoms with E-state index in [1.807, 2.05) is 6.07 Å². The van der Waals surface area contributed by atoms with E-state index >= 15 is 0 Å². The molecule has 0 spiro atoms. The monoisotopic (exact) mass is 414 g/mol. The van der Waals surface area contributed by atoms with E-state index in [4.69, 9.17) is 4.98 Å². The maximum absolute atomic E-state index is 12.7. The van der Waals surface area contributed by atoms with Gasteiger partial charge in [-0.05, 0) is 24.3 Å². The second-order valence-corrected chi connectivity index (χ2v) is 9.37. The van der Waals surface area contributed by atoms with E-state index in [2.05, 4.69) is 43.9 Å². The van der Waals surface area contributed by atoms with Gasteiger partial charge in [-0.2, -0.15) is 0 Å². The molecule has 2 fully saturated rings. The van der Waals surface area contributed by atoms with Gasteiger partial charge < -0.3 is 4.90 Å². The van der Waals surface area contributed by atoms with Crippen molar-refractivity contribution in [2.75, 3.05) is 45.8 Å². The van der Waals surface area contributed by atoms with Crippen LogP contribution in [0.5, 0.6) is 0 Å². The number of hydrogen-bond donors (Lipinski definition) is 0. The van der Waals surface area contributed by atoms with Crippen molar-refractivity contribution < 1.29 is 4.79 Å². The highest BCUT2D eigenvalue weighted by molar-refractivity contribution is 7.13. The number of amides is 1. The number of rotatable bonds is 5. The molecule has 156 valence electrons. The Morgan fingerprint density at radius 1 is 1.07 bits per heavy atom. The number of nitrogens with zero attached hydrogens (tertiary/aromatic N) is 6. The summed E-state index contributed by atoms with van der Waals surface area (Å²) >= 11 is 1.59. The van der Waals surface area contributed by atoms with Crippen molar-refractivity contribution >= 4 is 17.2 Å². The zero-order chi connectivity index (χ0) is 20.2. The molecule has 0 aliphatic carbocycles. The normalized spacial score (nSPS) is 24.0. The van der Waals surface area contributed by atoms with Crippen LogP contribution >= 0.6 is 11.3 Å². The highest BCUT2D eigenvalue weighted by Gasteiger charge is 2.27. The first-order valence-corrected chi connectivity index (χ1v) is 11.4. The molecule has 29 heavy (non-hydrogen) atoms. The molecule has 7 nitrogen and oxygen atoms in total. The third-order valence-corrected chi connectivity index (χ3v) is 6.63. The molecule has 4 rings (SSSR count). The lowest BCUT2D eigenvalue weighted by Crippen LogP contribution is -2.51. The van der Waals surface area contributed by atoms with E-state index < -0.39 is 0 Å². The van der Waals surface area contributed by atoms with Gasteiger partial charge in [0.2, 0.25) is 5.91 Å². The van der Waals surface area contributed by atoms with Gasteiger partial charge in [0.1, 0.15) is 0 Å². The van der Waals surface area contributed by atoms with Crippen molar-refractivity contribution in [2.45, 2.75) is 26.8 Å². The van der Waals surface area contributed by atoms with Gasteiger partial charge in [-0.1, -0.05) is 13.8 Å². The molecule has 4 heterocycles. The van der Waals surface area contributed by atoms with Crippen LogP contribution in [0.4, 0.5) is 0 Å². The molecule has 2 saturated heterocycles. The zero-order valence-corrected chi connectivity index (χ0v) is 18.1. The minimum Gasteiger partial charge on any atom is -0.341 e. The maximum atomic E-state index is 12.7. The molecular formula is C21H30N6OS. The Morgan fingerprint density at radius 3 is 2.41 bits per heavy atom. The maximum Gasteiger partial charge on any atom is 0.236 e. The average Bonchev–Trinajstić information content (AvgIpc) is 3.18. The summed E-state index contributed by atoms with van der Waals surface area (Å²) in [7, 11) is 0. The summed E-state index contributed by atoms with van der Waals surface area (Å²) in [6.07, 6.45) is 4.72. The van der Waals surface area contributed by atoms with E-state index in [0.29, 0.717) is 30.1 Å². The van der Waals surface area contributed by atoms with Crippen LogP contribution in [0.3, 0.4) is 0 Å². The van der Waals surface area contributed by atoms with E-state index in [9.17, 15) is 4.79 Å². The molecule has 2 aromatic rings. The lowest BCUT2D eigenvalue weighted by atomic mass is 9.92. The summed E-state index contributed by atoms with van der Waals surface area (Å²) in [5.74, 6) is 2.21. The minimum atomic E-state index is 0.295. The van der Waals surface area contributed by atoms with E-state index in [0.717, 1.165) is 56.5 Å². The molecular weight excluding hydrogens is 384 g/mol. The smallest absolute Gasteiger partial charge is 0.236 e. The summed E-state index contributed by atoms with van der Waals surface area (Å²) in [6, 6.07) is 1.81. The van der Waals surface area contributed by atoms with Gasteiger partial charge in [-0.15, -0.1) is 11.3 Å². The minimum absolute atomic E-state index is 0.295. The van der Waals surface area contributed by atoms with Crippen LogP contribution in [0.2, 0.25) is 0 Å². The predicted octanol–water partition coefficient (Wildman–Crippen LogP) is 2.22. The Balaban J connectivity index is 1.24. The second kappa shape index (κ2) is 9.28. The second-order valence-electron chi connectivity index (χ2n) is 8.51. The lowest BCUT2D eigenvalue weighted by Gasteiger charge is -2.38. The number of thiazole rings is 1. The van der Waals surface area contributed by atoms with Gasteiger partial charge >= 0.3 is 0 Å². The van der Waals surface area contributed by atoms with E-state index in [-0.39, 0.29) is 0 Å². The van der Waals surface area contributed by atoms with Gasteiger partial charge in [-0.3, -0.25) is 14.6 Å². The first kappa shape index (κ1) is 20.4. The lowest BCUT2D eigenvalue weighted by molar-refractivity contribution is -0.135. The molecule has 2 aliphatic heterocycles. The van der Waals surface area contributed by atoms with Crippen molar-refractivity contribution in [1.82, 2.24) is 29.7 Å². The standard InChI is InChI=1S/C21H30N6OS/c1-16-10-17(2)12-27(11-16)19(28)14-26-8-6-25(7-9-26)13-18-15-29-21(24-18)20-22-4-3-5-23-20/h3-5,15-17H,6-14H2,1-2H3. The molecule has 2 atom stereocenters. The highest BCUT2D eigenvalue weighted by atomic mass is 32.1. The molecule has 0 radical (unpaired) electrons. The van der Waals surface area contributed by atoms with Crippen LogP contribution < -0.4 is 0 Å². The molecule has 2 unspecified atom stereocenters. The average molecular weight is 415 g/mol. The van der Waals surface area contributed by atoms with Gasteiger partial charge in [0.05, 0.1) is 12.2 Å². The molecule has 0 bridgehead atoms. The van der Waals surface area contributed by atoms with Gasteiger partial charge in [0.15, 0.2) is 10.8 Å². The molecule has 0 N–H and O–H groups in total. The first-order chi connectivity index (χ1) is 14.1. The van der Waals surface area contributed by atoms with Crippen molar-refractivity contribution in [1.29, 1.82) is 0 Å². The number of piperazine rings is 1. The fourth-order valence-corrected chi connectivity index (χ4v) is 5.14. The quantitative estimate of drug-likeness (QED) is 0.748. The van der Waals surface area contributed by atoms with Crippen LogP contribution in [0.25, 0.3) is 10.8 Å². The third-order valence-electron chi connectivity index (χ3n) is 5.74. The zero-order valence-electron chi connectivity index (χ0n) is 17.3. The number of aromatic nitrogens is 3. The Labute approximate surface area is 176 Å². The van der Waals surface area contributed by atoms with Crippen LogP contribution in [-0.2, 0) is 11.3 Å². The first-order valence-electron chi connectivity index (χ1n) is 10.5. The van der Waals surface area contributed by atoms with Crippen LogP contribution in [0.15, 0.2) is 23.8 Å². The Bertz CT molecular complexity index is 795. The van der Waals surface area contributed by atoms with Gasteiger partial charge in [0, 0.05) is 63.6 Å². The van der Waals surface area contributed by atoms with Crippen LogP contribution in [0, 0.1) is 11.8 Å². The fourth-order valence-electron chi connectivity index (χ4n) is 4.38. The van der Waals surface area contributed by atoms with Crippen molar-refractivity contribution in [2.24, 2.45) is 11.8 Å². The fraction of sp³-hybridized carbons (Fsp3) is 0.619. The number of carbonyl (C=O) groups is 1. The Kier molecular flexibility index (Phi) is 6.52. The number of hydrogen-bond acceptors (Lipinski definition) is 7. The molecule has 0 saturated carbocycles. The van der Waals surface area contributed by atoms with E-state index in [1.165, 1.54) is 6.42 Å². The summed E-state index contributed by atoms with van der Waals surface area (Å²) < 4.78 is 0. The molecule has 1 amide bonds. The summed E-state index contributed by atoms with van der Waals surface area (Å²) in [5, 5.41) is 2.97. The van der Waals surface area contributed by atoms with Crippen LogP contribution in [0.1, 0.15) is 26.0 Å².